The number of primary amides is 3. The van der Waals surface area contributed by atoms with E-state index in [4.69, 9.17) is 60.2 Å². The standard InChI is InChI=1S/2C23H25N5O5S.C19H26N2O3S.C14H18N2OS.C9H9N3O5.2CH4.ClH/c2*1-12-10-28(17(8-18(12)32-2)13-4-5-19-16(6-13)26-11-34-19)23(31)21(30)27-14-7-15(20(24)29)22(33-3)25-9-14;1-12-10-21(18(22)24-19(2,3)4)15(9-16(12)23-5)13-6-7-17-14(8-13)20-11-25-17;1-9-7-15-11(6-13(9)17-2)10-3-4-14-12(5-10)16-8-18-14;1-17-8-5(6(10)13)2-4(3-11-8)12-7(14)9(15)16;;;/h2*4-7,9,11-12,17-18H,8,10H2,1-3H3,(H2,24,29)(H,27,30);6-8,11-12,15-16H,9-10H2,1-5H3;3-5,8-9,11,13,15H,6-7H2,1-2H3;2-3H,1H3,(H2,10,13)(H,12,14)(H,15,16);2*1H4;1H/t2*12-,17-,18+;12-,15-,16?;9-,11-,13?;;;;/m1000..../s1. The van der Waals surface area contributed by atoms with Gasteiger partial charge < -0.3 is 96.2 Å². The Morgan fingerprint density at radius 1 is 0.420 bits per heavy atom. The summed E-state index contributed by atoms with van der Waals surface area (Å²) in [5.41, 5.74) is 30.8. The second-order valence-electron chi connectivity index (χ2n) is 31.9. The van der Waals surface area contributed by atoms with Crippen LogP contribution in [-0.4, -0.2) is 220 Å². The summed E-state index contributed by atoms with van der Waals surface area (Å²) in [6.07, 6.45) is 6.69. The summed E-state index contributed by atoms with van der Waals surface area (Å²) in [7, 11) is 10.9. The minimum atomic E-state index is -1.65. The number of rotatable bonds is 17. The van der Waals surface area contributed by atoms with Gasteiger partial charge in [-0.15, -0.1) is 57.8 Å². The normalized spacial score (nSPS) is 20.3. The lowest BCUT2D eigenvalue weighted by atomic mass is 9.87. The van der Waals surface area contributed by atoms with Gasteiger partial charge in [-0.1, -0.05) is 66.8 Å². The van der Waals surface area contributed by atoms with Gasteiger partial charge in [-0.05, 0) is 141 Å². The molecule has 11 N–H and O–H groups in total. The third-order valence-electron chi connectivity index (χ3n) is 22.3. The second kappa shape index (κ2) is 47.1. The first-order valence-electron chi connectivity index (χ1n) is 40.6. The van der Waals surface area contributed by atoms with Crippen LogP contribution in [0.3, 0.4) is 0 Å². The molecule has 0 aliphatic carbocycles. The van der Waals surface area contributed by atoms with Crippen molar-refractivity contribution in [2.75, 3.05) is 91.9 Å². The van der Waals surface area contributed by atoms with Crippen LogP contribution in [0.15, 0.2) is 132 Å². The number of likely N-dealkylation sites (tertiary alicyclic amines) is 3. The molecule has 702 valence electrons. The highest BCUT2D eigenvalue weighted by molar-refractivity contribution is 7.17. The van der Waals surface area contributed by atoms with Crippen LogP contribution in [0.1, 0.15) is 166 Å². The Bertz CT molecular complexity index is 5660. The number of nitrogens with zero attached hydrogens (tertiary/aromatic N) is 10. The van der Waals surface area contributed by atoms with Crippen molar-refractivity contribution < 1.29 is 90.9 Å². The molecule has 36 nitrogen and oxygen atoms in total. The lowest BCUT2D eigenvalue weighted by Crippen LogP contribution is -2.50. The minimum absolute atomic E-state index is 0. The van der Waals surface area contributed by atoms with Crippen LogP contribution in [0.2, 0.25) is 0 Å². The van der Waals surface area contributed by atoms with E-state index in [2.05, 4.69) is 101 Å². The van der Waals surface area contributed by atoms with E-state index < -0.39 is 58.8 Å². The summed E-state index contributed by atoms with van der Waals surface area (Å²) in [6.45, 7) is 16.3. The molecular formula is C90H112ClN17O19S4. The van der Waals surface area contributed by atoms with Crippen molar-refractivity contribution in [3.8, 4) is 17.6 Å². The molecule has 131 heavy (non-hydrogen) atoms. The van der Waals surface area contributed by atoms with E-state index in [0.717, 1.165) is 78.4 Å². The second-order valence-corrected chi connectivity index (χ2v) is 35.5. The Balaban J connectivity index is 0.000000206. The van der Waals surface area contributed by atoms with Gasteiger partial charge in [0.15, 0.2) is 0 Å². The first kappa shape index (κ1) is 104. The zero-order valence-electron chi connectivity index (χ0n) is 73.3. The van der Waals surface area contributed by atoms with Gasteiger partial charge in [0.1, 0.15) is 22.3 Å². The number of nitrogens with two attached hydrogens (primary N) is 3. The highest BCUT2D eigenvalue weighted by Gasteiger charge is 2.43. The molecule has 7 aromatic heterocycles. The van der Waals surface area contributed by atoms with E-state index in [-0.39, 0.29) is 139 Å². The molecule has 9 amide bonds. The quantitative estimate of drug-likeness (QED) is 0.0392. The van der Waals surface area contributed by atoms with E-state index in [1.807, 2.05) is 99.4 Å². The summed E-state index contributed by atoms with van der Waals surface area (Å²) in [6, 6.07) is 28.0. The molecule has 0 spiro atoms. The van der Waals surface area contributed by atoms with E-state index in [0.29, 0.717) is 50.5 Å². The van der Waals surface area contributed by atoms with Gasteiger partial charge in [-0.2, -0.15) is 0 Å². The van der Waals surface area contributed by atoms with Gasteiger partial charge in [0.25, 0.3) is 17.7 Å². The van der Waals surface area contributed by atoms with E-state index in [9.17, 15) is 47.9 Å². The van der Waals surface area contributed by atoms with Crippen molar-refractivity contribution >= 4 is 175 Å². The molecule has 41 heteroatoms. The van der Waals surface area contributed by atoms with Crippen molar-refractivity contribution in [1.29, 1.82) is 0 Å². The number of methoxy groups -OCH3 is 7. The summed E-state index contributed by atoms with van der Waals surface area (Å²) in [4.78, 5) is 155. The van der Waals surface area contributed by atoms with Gasteiger partial charge in [-0.25, -0.2) is 44.5 Å². The Morgan fingerprint density at radius 2 is 0.718 bits per heavy atom. The van der Waals surface area contributed by atoms with Crippen LogP contribution in [0, 0.1) is 23.7 Å². The van der Waals surface area contributed by atoms with Gasteiger partial charge in [0.2, 0.25) is 17.6 Å². The number of carbonyl (C=O) groups is 10. The van der Waals surface area contributed by atoms with Crippen molar-refractivity contribution in [3.63, 3.8) is 0 Å². The third kappa shape index (κ3) is 26.0. The number of nitrogens with one attached hydrogen (secondary N) is 4. The van der Waals surface area contributed by atoms with Gasteiger partial charge in [0.05, 0.1) is 162 Å². The molecule has 4 aromatic carbocycles. The molecule has 0 saturated carbocycles. The fourth-order valence-corrected chi connectivity index (χ4v) is 18.3. The van der Waals surface area contributed by atoms with Crippen molar-refractivity contribution in [2.45, 2.75) is 143 Å². The summed E-state index contributed by atoms with van der Waals surface area (Å²) in [5, 5.41) is 19.0. The van der Waals surface area contributed by atoms with Crippen LogP contribution in [0.4, 0.5) is 21.9 Å². The van der Waals surface area contributed by atoms with E-state index >= 15 is 0 Å². The molecule has 4 aliphatic rings. The van der Waals surface area contributed by atoms with Gasteiger partial charge >= 0.3 is 41.6 Å². The monoisotopic (exact) mass is 1900 g/mol. The van der Waals surface area contributed by atoms with Crippen LogP contribution < -0.4 is 52.7 Å². The Morgan fingerprint density at radius 3 is 1.02 bits per heavy atom. The first-order chi connectivity index (χ1) is 61.1. The van der Waals surface area contributed by atoms with Crippen molar-refractivity contribution in [3.05, 3.63) is 171 Å². The molecule has 0 bridgehead atoms. The van der Waals surface area contributed by atoms with Gasteiger partial charge in [0, 0.05) is 78.4 Å². The maximum atomic E-state index is 13.3. The van der Waals surface area contributed by atoms with E-state index in [1.54, 1.807) is 64.8 Å². The van der Waals surface area contributed by atoms with Crippen molar-refractivity contribution in [1.82, 2.24) is 54.9 Å². The Labute approximate surface area is 780 Å². The average Bonchev–Trinajstić information content (AvgIpc) is 1.26. The van der Waals surface area contributed by atoms with Crippen LogP contribution >= 0.6 is 57.8 Å². The number of hydrogen-bond acceptors (Lipinski definition) is 30. The fraction of sp³-hybridized carbons (Fsp3) is 0.411. The zero-order valence-corrected chi connectivity index (χ0v) is 77.4. The number of amides is 9. The minimum Gasteiger partial charge on any atom is -0.480 e. The number of pyridine rings is 3. The molecule has 12 atom stereocenters. The molecule has 11 aromatic rings. The lowest BCUT2D eigenvalue weighted by Gasteiger charge is -2.42. The number of carbonyl (C=O) groups excluding carboxylic acids is 9. The topological polar surface area (TPSA) is 491 Å². The molecule has 4 aliphatic heterocycles. The highest BCUT2D eigenvalue weighted by atomic mass is 35.5. The molecule has 0 radical (unpaired) electrons. The smallest absolute Gasteiger partial charge is 0.410 e. The number of benzene rings is 4. The maximum absolute atomic E-state index is 13.3. The van der Waals surface area contributed by atoms with Crippen molar-refractivity contribution in [2.24, 2.45) is 40.9 Å². The number of piperidine rings is 4. The molecule has 4 saturated heterocycles. The predicted octanol–water partition coefficient (Wildman–Crippen LogP) is 13.2. The van der Waals surface area contributed by atoms with Crippen LogP contribution in [0.5, 0.6) is 17.6 Å². The lowest BCUT2D eigenvalue weighted by molar-refractivity contribution is -0.149. The molecular weight excluding hydrogens is 1790 g/mol. The molecule has 4 fully saturated rings. The van der Waals surface area contributed by atoms with E-state index in [1.165, 1.54) is 84.9 Å². The largest absolute Gasteiger partial charge is 0.480 e. The first-order valence-corrected chi connectivity index (χ1v) is 44.1. The molecule has 15 rings (SSSR count). The summed E-state index contributed by atoms with van der Waals surface area (Å²) >= 11 is 6.39. The number of carboxylic acids is 1. The molecule has 11 heterocycles. The number of aliphatic carboxylic acids is 1. The number of ether oxygens (including phenoxy) is 8. The average molecular weight is 1900 g/mol. The summed E-state index contributed by atoms with van der Waals surface area (Å²) in [5.74, 6) is -7.34. The van der Waals surface area contributed by atoms with Crippen LogP contribution in [0.25, 0.3) is 40.9 Å². The third-order valence-corrected chi connectivity index (χ3v) is 25.5. The number of hydrogen-bond donors (Lipinski definition) is 8. The summed E-state index contributed by atoms with van der Waals surface area (Å²) < 4.78 is 47.5. The SMILES string of the molecule is C.C.COC1C[C@@H](c2ccc3scnc3c2)N(C(=O)OC(C)(C)C)C[C@@H]1C.COC1C[C@@H](c2ccc3scnc3c2)NC[C@@H]1C.COc1ncc(NC(=O)C(=O)N2C[C@@H](C)[C@@H](OC)C[C@@H]2c2ccc3scnc3c2)cc1C(N)=O.COc1ncc(NC(=O)C(=O)N2C[C@H](C)[C@H](OC)C[C@H]2c2ccc3scnc3c2)cc1C(N)=O.COc1ncc(NC(=O)C(=O)O)cc1C(N)=O.Cl. The number of aromatic nitrogens is 7. The molecule has 2 unspecified atom stereocenters. The van der Waals surface area contributed by atoms with Gasteiger partial charge in [-0.3, -0.25) is 38.4 Å². The number of anilines is 3. The Kier molecular flexibility index (Phi) is 37.5. The zero-order chi connectivity index (χ0) is 92.5. The number of thiazole rings is 4. The maximum Gasteiger partial charge on any atom is 0.410 e. The highest BCUT2D eigenvalue weighted by Crippen LogP contribution is 2.42. The number of carboxylic acid groups (broad SMARTS) is 1. The predicted molar refractivity (Wildman–Crippen MR) is 504 cm³/mol. The number of halogens is 1. The Hall–Kier alpha value is -12.1. The van der Waals surface area contributed by atoms with Crippen LogP contribution in [-0.2, 0) is 52.5 Å². The fourth-order valence-electron chi connectivity index (χ4n) is 15.6. The number of fused-ring (bicyclic) bond motifs is 4.